The van der Waals surface area contributed by atoms with Crippen molar-refractivity contribution in [1.82, 2.24) is 4.90 Å². The number of carbonyl (C=O) groups is 4. The Labute approximate surface area is 202 Å². The van der Waals surface area contributed by atoms with E-state index in [1.165, 1.54) is 16.7 Å². The van der Waals surface area contributed by atoms with Crippen molar-refractivity contribution < 1.29 is 23.9 Å². The number of fused-ring (bicyclic) bond motifs is 1. The van der Waals surface area contributed by atoms with E-state index in [2.05, 4.69) is 5.32 Å². The highest BCUT2D eigenvalue weighted by atomic mass is 32.2. The van der Waals surface area contributed by atoms with Gasteiger partial charge in [-0.3, -0.25) is 19.3 Å². The van der Waals surface area contributed by atoms with Crippen molar-refractivity contribution in [1.29, 1.82) is 0 Å². The molecule has 0 aliphatic carbocycles. The van der Waals surface area contributed by atoms with Crippen LogP contribution in [-0.2, 0) is 19.1 Å². The van der Waals surface area contributed by atoms with Crippen molar-refractivity contribution in [2.45, 2.75) is 37.1 Å². The van der Waals surface area contributed by atoms with Crippen LogP contribution in [0, 0.1) is 0 Å². The second-order valence-corrected chi connectivity index (χ2v) is 9.73. The van der Waals surface area contributed by atoms with Crippen LogP contribution in [0.3, 0.4) is 0 Å². The number of hydrogen-bond donors (Lipinski definition) is 1. The van der Waals surface area contributed by atoms with Crippen LogP contribution in [0.25, 0.3) is 0 Å². The molecule has 0 saturated carbocycles. The van der Waals surface area contributed by atoms with Crippen LogP contribution < -0.4 is 10.2 Å². The summed E-state index contributed by atoms with van der Waals surface area (Å²) in [6.07, 6.45) is 2.04. The van der Waals surface area contributed by atoms with Crippen molar-refractivity contribution in [3.8, 4) is 0 Å². The molecule has 34 heavy (non-hydrogen) atoms. The van der Waals surface area contributed by atoms with Crippen molar-refractivity contribution >= 4 is 46.8 Å². The van der Waals surface area contributed by atoms with Gasteiger partial charge in [0.1, 0.15) is 5.54 Å². The van der Waals surface area contributed by atoms with Gasteiger partial charge in [-0.25, -0.2) is 4.79 Å². The minimum Gasteiger partial charge on any atom is -0.452 e. The van der Waals surface area contributed by atoms with Crippen molar-refractivity contribution in [2.75, 3.05) is 35.7 Å². The summed E-state index contributed by atoms with van der Waals surface area (Å²) in [6.45, 7) is 4.32. The summed E-state index contributed by atoms with van der Waals surface area (Å²) in [5, 5.41) is 2.80. The number of benzene rings is 2. The molecule has 2 heterocycles. The molecule has 2 aliphatic rings. The minimum absolute atomic E-state index is 0.0464. The third kappa shape index (κ3) is 4.79. The number of hydrogen-bond acceptors (Lipinski definition) is 6. The Morgan fingerprint density at radius 2 is 1.68 bits per heavy atom. The van der Waals surface area contributed by atoms with Gasteiger partial charge in [0.25, 0.3) is 5.91 Å². The Morgan fingerprint density at radius 1 is 1.00 bits per heavy atom. The van der Waals surface area contributed by atoms with E-state index in [1.807, 2.05) is 4.90 Å². The van der Waals surface area contributed by atoms with Gasteiger partial charge in [0.2, 0.25) is 11.8 Å². The molecule has 2 aromatic carbocycles. The van der Waals surface area contributed by atoms with E-state index < -0.39 is 24.0 Å². The summed E-state index contributed by atoms with van der Waals surface area (Å²) >= 11 is 1.28. The number of esters is 1. The van der Waals surface area contributed by atoms with E-state index in [1.54, 1.807) is 62.4 Å². The predicted octanol–water partition coefficient (Wildman–Crippen LogP) is 3.32. The number of rotatable bonds is 6. The molecule has 0 atom stereocenters. The fraction of sp³-hybridized carbons (Fsp3) is 0.360. The Hall–Kier alpha value is -3.33. The second kappa shape index (κ2) is 9.89. The highest BCUT2D eigenvalue weighted by molar-refractivity contribution is 8.00. The highest BCUT2D eigenvalue weighted by Gasteiger charge is 2.43. The molecule has 1 N–H and O–H groups in total. The Balaban J connectivity index is 1.43. The van der Waals surface area contributed by atoms with E-state index in [9.17, 15) is 19.2 Å². The number of thioether (sulfide) groups is 1. The fourth-order valence-electron chi connectivity index (χ4n) is 4.13. The molecule has 0 bridgehead atoms. The molecule has 178 valence electrons. The molecular formula is C25H27N3O5S. The van der Waals surface area contributed by atoms with Crippen LogP contribution in [0.15, 0.2) is 53.4 Å². The molecule has 9 heteroatoms. The number of likely N-dealkylation sites (tertiary alicyclic amines) is 1. The molecule has 0 radical (unpaired) electrons. The topological polar surface area (TPSA) is 96.0 Å². The van der Waals surface area contributed by atoms with E-state index in [0.29, 0.717) is 21.8 Å². The summed E-state index contributed by atoms with van der Waals surface area (Å²) in [6, 6.07) is 13.9. The Bertz CT molecular complexity index is 1130. The summed E-state index contributed by atoms with van der Waals surface area (Å²) < 4.78 is 5.36. The third-order valence-corrected chi connectivity index (χ3v) is 7.06. The maximum atomic E-state index is 13.1. The van der Waals surface area contributed by atoms with Crippen LogP contribution in [0.5, 0.6) is 0 Å². The molecule has 8 nitrogen and oxygen atoms in total. The lowest BCUT2D eigenvalue weighted by Gasteiger charge is -2.41. The van der Waals surface area contributed by atoms with Crippen LogP contribution >= 0.6 is 11.8 Å². The first-order valence-corrected chi connectivity index (χ1v) is 12.2. The molecule has 1 saturated heterocycles. The van der Waals surface area contributed by atoms with Gasteiger partial charge in [0, 0.05) is 18.0 Å². The SMILES string of the molecule is CC1(C)C(=O)Nc2ccccc2N1C(=O)COC(=O)c1ccccc1SCC(=O)N1CCCC1. The lowest BCUT2D eigenvalue weighted by Crippen LogP contribution is -2.59. The molecule has 2 aliphatic heterocycles. The molecular weight excluding hydrogens is 454 g/mol. The smallest absolute Gasteiger partial charge is 0.339 e. The van der Waals surface area contributed by atoms with Gasteiger partial charge in [-0.05, 0) is 51.0 Å². The summed E-state index contributed by atoms with van der Waals surface area (Å²) in [5.74, 6) is -1.20. The maximum Gasteiger partial charge on any atom is 0.339 e. The minimum atomic E-state index is -1.15. The molecule has 3 amide bonds. The molecule has 0 aromatic heterocycles. The molecule has 2 aromatic rings. The standard InChI is InChI=1S/C25H27N3O5S/c1-25(2)24(32)26-18-10-4-5-11-19(18)28(25)21(29)15-33-23(31)17-9-3-6-12-20(17)34-16-22(30)27-13-7-8-14-27/h3-6,9-12H,7-8,13-16H2,1-2H3,(H,26,32). The van der Waals surface area contributed by atoms with Crippen LogP contribution in [-0.4, -0.2) is 59.6 Å². The predicted molar refractivity (Wildman–Crippen MR) is 130 cm³/mol. The second-order valence-electron chi connectivity index (χ2n) is 8.71. The van der Waals surface area contributed by atoms with Gasteiger partial charge in [0.05, 0.1) is 22.7 Å². The summed E-state index contributed by atoms with van der Waals surface area (Å²) in [7, 11) is 0. The maximum absolute atomic E-state index is 13.1. The quantitative estimate of drug-likeness (QED) is 0.502. The zero-order valence-corrected chi connectivity index (χ0v) is 20.0. The highest BCUT2D eigenvalue weighted by Crippen LogP contribution is 2.36. The molecule has 0 unspecified atom stereocenters. The first kappa shape index (κ1) is 23.8. The summed E-state index contributed by atoms with van der Waals surface area (Å²) in [5.41, 5.74) is 0.215. The van der Waals surface area contributed by atoms with E-state index in [4.69, 9.17) is 4.74 Å². The average Bonchev–Trinajstić information content (AvgIpc) is 3.37. The first-order chi connectivity index (χ1) is 16.3. The molecule has 1 fully saturated rings. The van der Waals surface area contributed by atoms with Gasteiger partial charge >= 0.3 is 5.97 Å². The number of anilines is 2. The van der Waals surface area contributed by atoms with Crippen molar-refractivity contribution in [3.05, 3.63) is 54.1 Å². The van der Waals surface area contributed by atoms with Gasteiger partial charge in [-0.2, -0.15) is 0 Å². The average molecular weight is 482 g/mol. The molecule has 0 spiro atoms. The van der Waals surface area contributed by atoms with E-state index in [-0.39, 0.29) is 17.6 Å². The van der Waals surface area contributed by atoms with Gasteiger partial charge < -0.3 is 15.0 Å². The first-order valence-electron chi connectivity index (χ1n) is 11.2. The number of carbonyl (C=O) groups excluding carboxylic acids is 4. The number of nitrogens with zero attached hydrogens (tertiary/aromatic N) is 2. The molecule has 4 rings (SSSR count). The van der Waals surface area contributed by atoms with Gasteiger partial charge in [-0.15, -0.1) is 11.8 Å². The number of para-hydroxylation sites is 2. The lowest BCUT2D eigenvalue weighted by molar-refractivity contribution is -0.128. The van der Waals surface area contributed by atoms with Crippen LogP contribution in [0.1, 0.15) is 37.0 Å². The number of nitrogens with one attached hydrogen (secondary N) is 1. The summed E-state index contributed by atoms with van der Waals surface area (Å²) in [4.78, 5) is 54.7. The Morgan fingerprint density at radius 3 is 2.44 bits per heavy atom. The zero-order chi connectivity index (χ0) is 24.3. The zero-order valence-electron chi connectivity index (χ0n) is 19.2. The number of ether oxygens (including phenoxy) is 1. The Kier molecular flexibility index (Phi) is 6.92. The normalized spacial score (nSPS) is 16.6. The third-order valence-electron chi connectivity index (χ3n) is 6.00. The van der Waals surface area contributed by atoms with Crippen LogP contribution in [0.4, 0.5) is 11.4 Å². The van der Waals surface area contributed by atoms with Crippen molar-refractivity contribution in [3.63, 3.8) is 0 Å². The largest absolute Gasteiger partial charge is 0.452 e. The van der Waals surface area contributed by atoms with Crippen LogP contribution in [0.2, 0.25) is 0 Å². The van der Waals surface area contributed by atoms with Gasteiger partial charge in [0.15, 0.2) is 6.61 Å². The van der Waals surface area contributed by atoms with Gasteiger partial charge in [-0.1, -0.05) is 24.3 Å². The monoisotopic (exact) mass is 481 g/mol. The number of amides is 3. The van der Waals surface area contributed by atoms with E-state index >= 15 is 0 Å². The van der Waals surface area contributed by atoms with Crippen molar-refractivity contribution in [2.24, 2.45) is 0 Å². The lowest BCUT2D eigenvalue weighted by atomic mass is 9.96. The van der Waals surface area contributed by atoms with E-state index in [0.717, 1.165) is 25.9 Å². The fourth-order valence-corrected chi connectivity index (χ4v) is 5.07.